The van der Waals surface area contributed by atoms with Gasteiger partial charge in [-0.15, -0.1) is 0 Å². The number of methoxy groups -OCH3 is 2. The van der Waals surface area contributed by atoms with Crippen molar-refractivity contribution in [2.45, 2.75) is 12.5 Å². The Bertz CT molecular complexity index is 285. The highest BCUT2D eigenvalue weighted by Crippen LogP contribution is 2.21. The molecule has 0 spiro atoms. The minimum absolute atomic E-state index is 0.0359. The summed E-state index contributed by atoms with van der Waals surface area (Å²) >= 11 is 0. The molecule has 0 aromatic heterocycles. The second-order valence-corrected chi connectivity index (χ2v) is 3.26. The number of ether oxygens (including phenoxy) is 4. The van der Waals surface area contributed by atoms with Crippen LogP contribution in [0, 0.1) is 5.92 Å². The maximum absolute atomic E-state index is 10.8. The van der Waals surface area contributed by atoms with Crippen molar-refractivity contribution in [1.82, 2.24) is 0 Å². The molecule has 0 aromatic rings. The lowest BCUT2D eigenvalue weighted by Gasteiger charge is -2.12. The first kappa shape index (κ1) is 12.4. The standard InChI is InChI=1S/C10H14O6/c1-13-9(11)15-6-7-3-4-8(5-7)16-10(12)14-2/h3-4,7-8H,5-6H2,1-2H3/t7-,8?/m1/s1. The van der Waals surface area contributed by atoms with E-state index in [1.54, 1.807) is 6.08 Å². The third-order valence-electron chi connectivity index (χ3n) is 2.13. The Labute approximate surface area is 93.1 Å². The van der Waals surface area contributed by atoms with Crippen molar-refractivity contribution < 1.29 is 28.5 Å². The first-order valence-corrected chi connectivity index (χ1v) is 4.79. The van der Waals surface area contributed by atoms with Crippen molar-refractivity contribution in [1.29, 1.82) is 0 Å². The summed E-state index contributed by atoms with van der Waals surface area (Å²) in [6, 6.07) is 0. The molecule has 1 aliphatic carbocycles. The van der Waals surface area contributed by atoms with Gasteiger partial charge in [0, 0.05) is 5.92 Å². The van der Waals surface area contributed by atoms with E-state index in [2.05, 4.69) is 9.47 Å². The van der Waals surface area contributed by atoms with E-state index < -0.39 is 12.3 Å². The largest absolute Gasteiger partial charge is 0.508 e. The molecule has 1 rings (SSSR count). The summed E-state index contributed by atoms with van der Waals surface area (Å²) in [5.41, 5.74) is 0. The molecule has 16 heavy (non-hydrogen) atoms. The zero-order chi connectivity index (χ0) is 12.0. The zero-order valence-corrected chi connectivity index (χ0v) is 9.17. The molecule has 0 aromatic carbocycles. The van der Waals surface area contributed by atoms with Gasteiger partial charge in [-0.1, -0.05) is 6.08 Å². The third-order valence-corrected chi connectivity index (χ3v) is 2.13. The van der Waals surface area contributed by atoms with Crippen molar-refractivity contribution in [3.8, 4) is 0 Å². The minimum Gasteiger partial charge on any atom is -0.438 e. The van der Waals surface area contributed by atoms with Crippen LogP contribution in [-0.2, 0) is 18.9 Å². The molecule has 0 N–H and O–H groups in total. The fraction of sp³-hybridized carbons (Fsp3) is 0.600. The van der Waals surface area contributed by atoms with Crippen LogP contribution >= 0.6 is 0 Å². The first-order chi connectivity index (χ1) is 7.65. The minimum atomic E-state index is -0.718. The van der Waals surface area contributed by atoms with Gasteiger partial charge < -0.3 is 18.9 Å². The normalized spacial score (nSPS) is 22.6. The van der Waals surface area contributed by atoms with Crippen molar-refractivity contribution in [3.05, 3.63) is 12.2 Å². The van der Waals surface area contributed by atoms with Gasteiger partial charge in [-0.2, -0.15) is 0 Å². The van der Waals surface area contributed by atoms with Gasteiger partial charge in [0.1, 0.15) is 12.7 Å². The molecule has 1 aliphatic rings. The van der Waals surface area contributed by atoms with Gasteiger partial charge in [0.25, 0.3) is 0 Å². The van der Waals surface area contributed by atoms with E-state index in [-0.39, 0.29) is 18.6 Å². The maximum Gasteiger partial charge on any atom is 0.508 e. The Hall–Kier alpha value is -1.72. The van der Waals surface area contributed by atoms with E-state index in [1.165, 1.54) is 14.2 Å². The molecule has 0 saturated carbocycles. The summed E-state index contributed by atoms with van der Waals surface area (Å²) in [4.78, 5) is 21.5. The third kappa shape index (κ3) is 3.80. The molecule has 0 fully saturated rings. The maximum atomic E-state index is 10.8. The van der Waals surface area contributed by atoms with Gasteiger partial charge in [0.2, 0.25) is 0 Å². The quantitative estimate of drug-likeness (QED) is 0.540. The van der Waals surface area contributed by atoms with E-state index in [1.807, 2.05) is 6.08 Å². The van der Waals surface area contributed by atoms with Gasteiger partial charge in [-0.3, -0.25) is 0 Å². The number of carbonyl (C=O) groups excluding carboxylic acids is 2. The molecule has 0 aliphatic heterocycles. The van der Waals surface area contributed by atoms with Gasteiger partial charge in [-0.05, 0) is 12.5 Å². The van der Waals surface area contributed by atoms with Crippen LogP contribution < -0.4 is 0 Å². The van der Waals surface area contributed by atoms with E-state index in [0.717, 1.165) is 0 Å². The van der Waals surface area contributed by atoms with Crippen LogP contribution in [0.15, 0.2) is 12.2 Å². The predicted octanol–water partition coefficient (Wildman–Crippen LogP) is 1.50. The highest BCUT2D eigenvalue weighted by Gasteiger charge is 2.23. The Morgan fingerprint density at radius 2 is 1.88 bits per heavy atom. The molecule has 0 amide bonds. The van der Waals surface area contributed by atoms with Crippen LogP contribution in [0.25, 0.3) is 0 Å². The van der Waals surface area contributed by atoms with Gasteiger partial charge in [0.15, 0.2) is 0 Å². The van der Waals surface area contributed by atoms with Crippen molar-refractivity contribution in [2.24, 2.45) is 5.92 Å². The van der Waals surface area contributed by atoms with Gasteiger partial charge in [0.05, 0.1) is 14.2 Å². The van der Waals surface area contributed by atoms with E-state index in [0.29, 0.717) is 6.42 Å². The summed E-state index contributed by atoms with van der Waals surface area (Å²) in [6.07, 6.45) is 2.39. The van der Waals surface area contributed by atoms with Crippen LogP contribution in [-0.4, -0.2) is 39.2 Å². The van der Waals surface area contributed by atoms with Crippen molar-refractivity contribution in [2.75, 3.05) is 20.8 Å². The number of hydrogen-bond acceptors (Lipinski definition) is 6. The van der Waals surface area contributed by atoms with E-state index >= 15 is 0 Å². The molecule has 0 saturated heterocycles. The van der Waals surface area contributed by atoms with Crippen LogP contribution in [0.2, 0.25) is 0 Å². The Balaban J connectivity index is 2.23. The lowest BCUT2D eigenvalue weighted by atomic mass is 10.1. The number of rotatable bonds is 3. The zero-order valence-electron chi connectivity index (χ0n) is 9.17. The highest BCUT2D eigenvalue weighted by molar-refractivity contribution is 5.60. The highest BCUT2D eigenvalue weighted by atomic mass is 16.7. The summed E-state index contributed by atoms with van der Waals surface area (Å²) in [5, 5.41) is 0. The fourth-order valence-electron chi connectivity index (χ4n) is 1.35. The Morgan fingerprint density at radius 3 is 2.50 bits per heavy atom. The second-order valence-electron chi connectivity index (χ2n) is 3.26. The summed E-state index contributed by atoms with van der Waals surface area (Å²) < 4.78 is 18.4. The monoisotopic (exact) mass is 230 g/mol. The second kappa shape index (κ2) is 5.99. The lowest BCUT2D eigenvalue weighted by Crippen LogP contribution is -2.17. The molecular weight excluding hydrogens is 216 g/mol. The van der Waals surface area contributed by atoms with Crippen molar-refractivity contribution in [3.63, 3.8) is 0 Å². The average Bonchev–Trinajstić information content (AvgIpc) is 2.73. The molecule has 6 heteroatoms. The predicted molar refractivity (Wildman–Crippen MR) is 52.9 cm³/mol. The number of hydrogen-bond donors (Lipinski definition) is 0. The first-order valence-electron chi connectivity index (χ1n) is 4.79. The summed E-state index contributed by atoms with van der Waals surface area (Å²) in [7, 11) is 2.49. The SMILES string of the molecule is COC(=O)OC[C@@H]1C=CC(OC(=O)OC)C1. The fourth-order valence-corrected chi connectivity index (χ4v) is 1.35. The molecule has 1 unspecified atom stereocenters. The van der Waals surface area contributed by atoms with E-state index in [4.69, 9.17) is 9.47 Å². The molecule has 2 atom stereocenters. The molecule has 0 heterocycles. The van der Waals surface area contributed by atoms with Crippen LogP contribution in [0.5, 0.6) is 0 Å². The Kier molecular flexibility index (Phi) is 4.63. The molecule has 90 valence electrons. The number of carbonyl (C=O) groups is 2. The van der Waals surface area contributed by atoms with E-state index in [9.17, 15) is 9.59 Å². The van der Waals surface area contributed by atoms with Crippen molar-refractivity contribution >= 4 is 12.3 Å². The Morgan fingerprint density at radius 1 is 1.19 bits per heavy atom. The van der Waals surface area contributed by atoms with Crippen LogP contribution in [0.4, 0.5) is 9.59 Å². The van der Waals surface area contributed by atoms with Crippen LogP contribution in [0.3, 0.4) is 0 Å². The van der Waals surface area contributed by atoms with Crippen LogP contribution in [0.1, 0.15) is 6.42 Å². The average molecular weight is 230 g/mol. The molecular formula is C10H14O6. The summed E-state index contributed by atoms with van der Waals surface area (Å²) in [6.45, 7) is 0.213. The van der Waals surface area contributed by atoms with Gasteiger partial charge >= 0.3 is 12.3 Å². The molecule has 6 nitrogen and oxygen atoms in total. The smallest absolute Gasteiger partial charge is 0.438 e. The molecule has 0 bridgehead atoms. The lowest BCUT2D eigenvalue weighted by molar-refractivity contribution is 0.0404. The molecule has 0 radical (unpaired) electrons. The van der Waals surface area contributed by atoms with Gasteiger partial charge in [-0.25, -0.2) is 9.59 Å². The topological polar surface area (TPSA) is 71.1 Å². The summed E-state index contributed by atoms with van der Waals surface area (Å²) in [5.74, 6) is 0.0359.